The molecule has 1 unspecified atom stereocenters. The summed E-state index contributed by atoms with van der Waals surface area (Å²) in [6.07, 6.45) is -1.39. The van der Waals surface area contributed by atoms with Crippen molar-refractivity contribution in [3.63, 3.8) is 0 Å². The zero-order valence-electron chi connectivity index (χ0n) is 9.93. The molecule has 0 spiro atoms. The van der Waals surface area contributed by atoms with E-state index < -0.39 is 6.36 Å². The van der Waals surface area contributed by atoms with Gasteiger partial charge in [-0.05, 0) is 42.4 Å². The second-order valence-electron chi connectivity index (χ2n) is 4.85. The van der Waals surface area contributed by atoms with Crippen LogP contribution >= 0.6 is 15.9 Å². The van der Waals surface area contributed by atoms with Gasteiger partial charge in [0.25, 0.3) is 0 Å². The Balaban J connectivity index is 2.00. The van der Waals surface area contributed by atoms with Crippen molar-refractivity contribution in [2.24, 2.45) is 5.41 Å². The number of hydrogen-bond donors (Lipinski definition) is 0. The average Bonchev–Trinajstić information content (AvgIpc) is 3.00. The SMILES string of the molecule is CC(Br)C1(Cc2ccc(OC(F)(F)F)cc2)CC1. The summed E-state index contributed by atoms with van der Waals surface area (Å²) in [5, 5.41) is 0. The lowest BCUT2D eigenvalue weighted by atomic mass is 9.94. The van der Waals surface area contributed by atoms with E-state index in [1.807, 2.05) is 0 Å². The van der Waals surface area contributed by atoms with Gasteiger partial charge in [0.05, 0.1) is 0 Å². The topological polar surface area (TPSA) is 9.23 Å². The highest BCUT2D eigenvalue weighted by molar-refractivity contribution is 9.09. The maximum atomic E-state index is 12.0. The summed E-state index contributed by atoms with van der Waals surface area (Å²) in [6, 6.07) is 6.16. The van der Waals surface area contributed by atoms with Crippen molar-refractivity contribution in [1.29, 1.82) is 0 Å². The fourth-order valence-corrected chi connectivity index (χ4v) is 2.71. The van der Waals surface area contributed by atoms with Gasteiger partial charge in [0.1, 0.15) is 5.75 Å². The zero-order chi connectivity index (χ0) is 13.4. The lowest BCUT2D eigenvalue weighted by Gasteiger charge is -2.18. The molecular formula is C13H14BrF3O. The number of halogens is 4. The molecule has 0 heterocycles. The van der Waals surface area contributed by atoms with Crippen LogP contribution in [0.5, 0.6) is 5.75 Å². The molecule has 0 radical (unpaired) electrons. The Morgan fingerprint density at radius 3 is 2.22 bits per heavy atom. The Morgan fingerprint density at radius 2 is 1.83 bits per heavy atom. The van der Waals surface area contributed by atoms with E-state index >= 15 is 0 Å². The van der Waals surface area contributed by atoms with Gasteiger partial charge < -0.3 is 4.74 Å². The Morgan fingerprint density at radius 1 is 1.28 bits per heavy atom. The number of hydrogen-bond acceptors (Lipinski definition) is 1. The molecule has 1 aliphatic carbocycles. The molecule has 100 valence electrons. The van der Waals surface area contributed by atoms with E-state index in [2.05, 4.69) is 27.6 Å². The van der Waals surface area contributed by atoms with Crippen molar-refractivity contribution in [2.75, 3.05) is 0 Å². The number of alkyl halides is 4. The van der Waals surface area contributed by atoms with E-state index in [1.165, 1.54) is 25.0 Å². The highest BCUT2D eigenvalue weighted by Crippen LogP contribution is 2.53. The highest BCUT2D eigenvalue weighted by atomic mass is 79.9. The van der Waals surface area contributed by atoms with Gasteiger partial charge in [-0.15, -0.1) is 13.2 Å². The summed E-state index contributed by atoms with van der Waals surface area (Å²) in [4.78, 5) is 0.427. The number of ether oxygens (including phenoxy) is 1. The molecule has 1 atom stereocenters. The summed E-state index contributed by atoms with van der Waals surface area (Å²) >= 11 is 3.60. The van der Waals surface area contributed by atoms with Crippen molar-refractivity contribution in [2.45, 2.75) is 37.4 Å². The molecule has 1 aromatic carbocycles. The van der Waals surface area contributed by atoms with E-state index in [0.29, 0.717) is 4.83 Å². The van der Waals surface area contributed by atoms with Gasteiger partial charge in [-0.2, -0.15) is 0 Å². The molecule has 0 amide bonds. The van der Waals surface area contributed by atoms with Crippen LogP contribution in [0.3, 0.4) is 0 Å². The fourth-order valence-electron chi connectivity index (χ4n) is 2.09. The standard InChI is InChI=1S/C13H14BrF3O/c1-9(14)12(6-7-12)8-10-2-4-11(5-3-10)18-13(15,16)17/h2-5,9H,6-8H2,1H3. The van der Waals surface area contributed by atoms with E-state index in [-0.39, 0.29) is 11.2 Å². The van der Waals surface area contributed by atoms with Gasteiger partial charge in [0.15, 0.2) is 0 Å². The van der Waals surface area contributed by atoms with Gasteiger partial charge in [-0.3, -0.25) is 0 Å². The first-order valence-corrected chi connectivity index (χ1v) is 6.71. The van der Waals surface area contributed by atoms with E-state index in [0.717, 1.165) is 12.0 Å². The molecule has 1 saturated carbocycles. The molecule has 1 nitrogen and oxygen atoms in total. The zero-order valence-corrected chi connectivity index (χ0v) is 11.5. The van der Waals surface area contributed by atoms with Crippen LogP contribution in [0.25, 0.3) is 0 Å². The largest absolute Gasteiger partial charge is 0.573 e. The minimum absolute atomic E-state index is 0.164. The lowest BCUT2D eigenvalue weighted by Crippen LogP contribution is -2.17. The predicted octanol–water partition coefficient (Wildman–Crippen LogP) is 4.69. The first kappa shape index (κ1) is 13.7. The van der Waals surface area contributed by atoms with Gasteiger partial charge in [0.2, 0.25) is 0 Å². The van der Waals surface area contributed by atoms with Gasteiger partial charge in [-0.1, -0.05) is 35.0 Å². The average molecular weight is 323 g/mol. The molecule has 0 bridgehead atoms. The van der Waals surface area contributed by atoms with Crippen molar-refractivity contribution in [3.05, 3.63) is 29.8 Å². The van der Waals surface area contributed by atoms with Crippen LogP contribution in [0.15, 0.2) is 24.3 Å². The van der Waals surface area contributed by atoms with Crippen LogP contribution in [-0.2, 0) is 6.42 Å². The summed E-state index contributed by atoms with van der Waals surface area (Å²) in [6.45, 7) is 2.12. The first-order chi connectivity index (χ1) is 8.31. The Hall–Kier alpha value is -0.710. The van der Waals surface area contributed by atoms with E-state index in [1.54, 1.807) is 12.1 Å². The third kappa shape index (κ3) is 3.40. The molecule has 0 N–H and O–H groups in total. The maximum Gasteiger partial charge on any atom is 0.573 e. The molecule has 1 aliphatic rings. The van der Waals surface area contributed by atoms with Crippen LogP contribution < -0.4 is 4.74 Å². The predicted molar refractivity (Wildman–Crippen MR) is 66.9 cm³/mol. The molecule has 2 rings (SSSR count). The van der Waals surface area contributed by atoms with Crippen molar-refractivity contribution in [1.82, 2.24) is 0 Å². The van der Waals surface area contributed by atoms with Crippen LogP contribution in [0.2, 0.25) is 0 Å². The van der Waals surface area contributed by atoms with E-state index in [4.69, 9.17) is 0 Å². The van der Waals surface area contributed by atoms with Gasteiger partial charge >= 0.3 is 6.36 Å². The second kappa shape index (κ2) is 4.76. The third-order valence-electron chi connectivity index (χ3n) is 3.45. The van der Waals surface area contributed by atoms with Crippen LogP contribution in [-0.4, -0.2) is 11.2 Å². The van der Waals surface area contributed by atoms with E-state index in [9.17, 15) is 13.2 Å². The molecular weight excluding hydrogens is 309 g/mol. The van der Waals surface area contributed by atoms with Crippen LogP contribution in [0.1, 0.15) is 25.3 Å². The number of rotatable bonds is 4. The third-order valence-corrected chi connectivity index (χ3v) is 4.42. The molecule has 18 heavy (non-hydrogen) atoms. The van der Waals surface area contributed by atoms with Crippen molar-refractivity contribution < 1.29 is 17.9 Å². The summed E-state index contributed by atoms with van der Waals surface area (Å²) in [5.74, 6) is -0.164. The van der Waals surface area contributed by atoms with Crippen molar-refractivity contribution in [3.8, 4) is 5.75 Å². The molecule has 1 aromatic rings. The highest BCUT2D eigenvalue weighted by Gasteiger charge is 2.46. The van der Waals surface area contributed by atoms with Crippen LogP contribution in [0.4, 0.5) is 13.2 Å². The maximum absolute atomic E-state index is 12.0. The second-order valence-corrected chi connectivity index (χ2v) is 6.22. The summed E-state index contributed by atoms with van der Waals surface area (Å²) in [5.41, 5.74) is 1.33. The normalized spacial score (nSPS) is 19.4. The van der Waals surface area contributed by atoms with Gasteiger partial charge in [-0.25, -0.2) is 0 Å². The number of benzene rings is 1. The quantitative estimate of drug-likeness (QED) is 0.730. The van der Waals surface area contributed by atoms with Gasteiger partial charge in [0, 0.05) is 4.83 Å². The molecule has 0 aromatic heterocycles. The molecule has 1 fully saturated rings. The van der Waals surface area contributed by atoms with Crippen molar-refractivity contribution >= 4 is 15.9 Å². The first-order valence-electron chi connectivity index (χ1n) is 5.80. The molecule has 0 saturated heterocycles. The fraction of sp³-hybridized carbons (Fsp3) is 0.538. The Kier molecular flexibility index (Phi) is 3.63. The minimum atomic E-state index is -4.62. The summed E-state index contributed by atoms with van der Waals surface area (Å²) in [7, 11) is 0. The molecule has 0 aliphatic heterocycles. The monoisotopic (exact) mass is 322 g/mol. The smallest absolute Gasteiger partial charge is 0.406 e. The Labute approximate surface area is 112 Å². The lowest BCUT2D eigenvalue weighted by molar-refractivity contribution is -0.274. The summed E-state index contributed by atoms with van der Waals surface area (Å²) < 4.78 is 39.8. The minimum Gasteiger partial charge on any atom is -0.406 e. The Bertz CT molecular complexity index is 407. The molecule has 5 heteroatoms. The van der Waals surface area contributed by atoms with Crippen LogP contribution in [0, 0.1) is 5.41 Å².